The van der Waals surface area contributed by atoms with Gasteiger partial charge in [0.05, 0.1) is 18.3 Å². The van der Waals surface area contributed by atoms with Crippen LogP contribution in [0, 0.1) is 0 Å². The third-order valence-corrected chi connectivity index (χ3v) is 4.92. The predicted octanol–water partition coefficient (Wildman–Crippen LogP) is 4.90. The molecule has 0 radical (unpaired) electrons. The van der Waals surface area contributed by atoms with Gasteiger partial charge in [0.15, 0.2) is 0 Å². The van der Waals surface area contributed by atoms with Crippen LogP contribution in [-0.4, -0.2) is 23.7 Å². The van der Waals surface area contributed by atoms with Gasteiger partial charge in [-0.1, -0.05) is 60.7 Å². The van der Waals surface area contributed by atoms with Crippen LogP contribution in [0.3, 0.4) is 0 Å². The molecule has 0 aromatic heterocycles. The lowest BCUT2D eigenvalue weighted by Gasteiger charge is -2.32. The minimum Gasteiger partial charge on any atom is -0.379 e. The molecule has 1 aromatic rings. The number of benzene rings is 1. The summed E-state index contributed by atoms with van der Waals surface area (Å²) in [6.07, 6.45) is 0.0968. The van der Waals surface area contributed by atoms with Gasteiger partial charge in [0, 0.05) is 11.0 Å². The van der Waals surface area contributed by atoms with Crippen LogP contribution in [0.4, 0.5) is 0 Å². The Hall–Kier alpha value is -0.130. The third kappa shape index (κ3) is 5.01. The number of ether oxygens (including phenoxy) is 2. The average Bonchev–Trinajstić information content (AvgIpc) is 2.45. The van der Waals surface area contributed by atoms with E-state index in [0.29, 0.717) is 12.5 Å². The van der Waals surface area contributed by atoms with Crippen molar-refractivity contribution in [3.8, 4) is 0 Å². The topological polar surface area (TPSA) is 18.5 Å². The average molecular weight is 390 g/mol. The van der Waals surface area contributed by atoms with E-state index in [-0.39, 0.29) is 11.7 Å². The lowest BCUT2D eigenvalue weighted by atomic mass is 9.94. The normalized spacial score (nSPS) is 16.1. The fourth-order valence-electron chi connectivity index (χ4n) is 2.16. The van der Waals surface area contributed by atoms with Crippen molar-refractivity contribution >= 4 is 22.6 Å². The summed E-state index contributed by atoms with van der Waals surface area (Å²) in [7, 11) is 0. The van der Waals surface area contributed by atoms with Gasteiger partial charge in [-0.25, -0.2) is 0 Å². The first-order valence-electron chi connectivity index (χ1n) is 7.35. The van der Waals surface area contributed by atoms with Crippen molar-refractivity contribution in [1.82, 2.24) is 0 Å². The van der Waals surface area contributed by atoms with Gasteiger partial charge in [-0.2, -0.15) is 0 Å². The van der Waals surface area contributed by atoms with Crippen LogP contribution in [0.5, 0.6) is 0 Å². The highest BCUT2D eigenvalue weighted by Crippen LogP contribution is 2.30. The summed E-state index contributed by atoms with van der Waals surface area (Å²) in [5, 5.41) is 0. The van der Waals surface area contributed by atoms with Gasteiger partial charge >= 0.3 is 0 Å². The first kappa shape index (κ1) is 17.9. The summed E-state index contributed by atoms with van der Waals surface area (Å²) < 4.78 is 12.6. The number of hydrogen-bond acceptors (Lipinski definition) is 2. The van der Waals surface area contributed by atoms with Gasteiger partial charge in [-0.15, -0.1) is 0 Å². The van der Waals surface area contributed by atoms with Crippen molar-refractivity contribution in [2.24, 2.45) is 0 Å². The fourth-order valence-corrected chi connectivity index (χ4v) is 2.78. The first-order valence-corrected chi connectivity index (χ1v) is 8.87. The largest absolute Gasteiger partial charge is 0.379 e. The highest BCUT2D eigenvalue weighted by molar-refractivity contribution is 14.1. The molecule has 0 aliphatic rings. The van der Waals surface area contributed by atoms with E-state index >= 15 is 0 Å². The molecule has 0 spiro atoms. The molecule has 2 atom stereocenters. The second-order valence-corrected chi connectivity index (χ2v) is 6.49. The Balaban J connectivity index is 2.81. The Morgan fingerprint density at radius 2 is 1.75 bits per heavy atom. The van der Waals surface area contributed by atoms with Gasteiger partial charge in [0.1, 0.15) is 0 Å². The van der Waals surface area contributed by atoms with E-state index in [1.54, 1.807) is 0 Å². The van der Waals surface area contributed by atoms with E-state index in [0.717, 1.165) is 11.0 Å². The molecule has 1 rings (SSSR count). The monoisotopic (exact) mass is 390 g/mol. The quantitative estimate of drug-likeness (QED) is 0.464. The SMILES string of the molecule is CCOCC(C)OC(C)(CI)c1ccc(C(C)C)cc1. The molecule has 0 aliphatic heterocycles. The molecule has 0 amide bonds. The maximum absolute atomic E-state index is 6.24. The second kappa shape index (κ2) is 8.35. The standard InChI is InChI=1S/C17H27IO2/c1-6-19-11-14(4)20-17(5,12-18)16-9-7-15(8-10-16)13(2)3/h7-10,13-14H,6,11-12H2,1-5H3. The van der Waals surface area contributed by atoms with Crippen LogP contribution in [0.1, 0.15) is 51.7 Å². The van der Waals surface area contributed by atoms with E-state index in [2.05, 4.69) is 74.6 Å². The second-order valence-electron chi connectivity index (χ2n) is 5.73. The highest BCUT2D eigenvalue weighted by atomic mass is 127. The van der Waals surface area contributed by atoms with E-state index in [9.17, 15) is 0 Å². The number of rotatable bonds is 8. The fraction of sp³-hybridized carbons (Fsp3) is 0.647. The smallest absolute Gasteiger partial charge is 0.0997 e. The highest BCUT2D eigenvalue weighted by Gasteiger charge is 2.28. The van der Waals surface area contributed by atoms with Crippen LogP contribution >= 0.6 is 22.6 Å². The van der Waals surface area contributed by atoms with Gasteiger partial charge in [-0.05, 0) is 37.8 Å². The minimum absolute atomic E-state index is 0.0968. The van der Waals surface area contributed by atoms with Crippen molar-refractivity contribution in [1.29, 1.82) is 0 Å². The number of halogens is 1. The molecule has 0 saturated heterocycles. The molecule has 2 nitrogen and oxygen atoms in total. The van der Waals surface area contributed by atoms with Crippen LogP contribution < -0.4 is 0 Å². The minimum atomic E-state index is -0.257. The van der Waals surface area contributed by atoms with Gasteiger partial charge < -0.3 is 9.47 Å². The molecule has 20 heavy (non-hydrogen) atoms. The molecule has 0 saturated carbocycles. The van der Waals surface area contributed by atoms with E-state index in [4.69, 9.17) is 9.47 Å². The Morgan fingerprint density at radius 1 is 1.15 bits per heavy atom. The Morgan fingerprint density at radius 3 is 2.20 bits per heavy atom. The Kier molecular flexibility index (Phi) is 7.48. The summed E-state index contributed by atoms with van der Waals surface area (Å²) in [5.74, 6) is 0.563. The van der Waals surface area contributed by atoms with Crippen molar-refractivity contribution in [2.75, 3.05) is 17.6 Å². The predicted molar refractivity (Wildman–Crippen MR) is 93.8 cm³/mol. The summed E-state index contributed by atoms with van der Waals surface area (Å²) >= 11 is 2.40. The maximum atomic E-state index is 6.24. The molecule has 0 fully saturated rings. The zero-order valence-corrected chi connectivity index (χ0v) is 15.4. The lowest BCUT2D eigenvalue weighted by Crippen LogP contribution is -2.33. The summed E-state index contributed by atoms with van der Waals surface area (Å²) in [5.41, 5.74) is 2.35. The van der Waals surface area contributed by atoms with Crippen molar-refractivity contribution in [3.05, 3.63) is 35.4 Å². The van der Waals surface area contributed by atoms with Gasteiger partial charge in [-0.3, -0.25) is 0 Å². The molecule has 3 heteroatoms. The molecule has 1 aromatic carbocycles. The molecule has 0 heterocycles. The van der Waals surface area contributed by atoms with Crippen LogP contribution in [-0.2, 0) is 15.1 Å². The van der Waals surface area contributed by atoms with Crippen LogP contribution in [0.2, 0.25) is 0 Å². The van der Waals surface area contributed by atoms with Crippen LogP contribution in [0.15, 0.2) is 24.3 Å². The zero-order valence-electron chi connectivity index (χ0n) is 13.3. The zero-order chi connectivity index (χ0) is 15.2. The summed E-state index contributed by atoms with van der Waals surface area (Å²) in [4.78, 5) is 0. The number of alkyl halides is 1. The first-order chi connectivity index (χ1) is 9.42. The van der Waals surface area contributed by atoms with Gasteiger partial charge in [0.2, 0.25) is 0 Å². The van der Waals surface area contributed by atoms with Crippen molar-refractivity contribution in [2.45, 2.75) is 52.2 Å². The Labute approximate surface area is 137 Å². The summed E-state index contributed by atoms with van der Waals surface area (Å²) in [6, 6.07) is 8.81. The molecular formula is C17H27IO2. The maximum Gasteiger partial charge on any atom is 0.0997 e. The summed E-state index contributed by atoms with van der Waals surface area (Å²) in [6.45, 7) is 12.1. The third-order valence-electron chi connectivity index (χ3n) is 3.46. The van der Waals surface area contributed by atoms with Crippen LogP contribution in [0.25, 0.3) is 0 Å². The van der Waals surface area contributed by atoms with E-state index < -0.39 is 0 Å². The molecule has 114 valence electrons. The Bertz CT molecular complexity index is 388. The van der Waals surface area contributed by atoms with E-state index in [1.165, 1.54) is 11.1 Å². The van der Waals surface area contributed by atoms with Crippen molar-refractivity contribution < 1.29 is 9.47 Å². The lowest BCUT2D eigenvalue weighted by molar-refractivity contribution is -0.0922. The molecule has 0 bridgehead atoms. The molecular weight excluding hydrogens is 363 g/mol. The van der Waals surface area contributed by atoms with Gasteiger partial charge in [0.25, 0.3) is 0 Å². The van der Waals surface area contributed by atoms with E-state index in [1.807, 2.05) is 6.92 Å². The number of hydrogen-bond donors (Lipinski definition) is 0. The molecule has 2 unspecified atom stereocenters. The van der Waals surface area contributed by atoms with Crippen molar-refractivity contribution in [3.63, 3.8) is 0 Å². The molecule has 0 N–H and O–H groups in total. The molecule has 0 aliphatic carbocycles.